The molecule has 0 saturated heterocycles. The molecule has 1 atom stereocenters. The summed E-state index contributed by atoms with van der Waals surface area (Å²) in [5.74, 6) is 3.71. The van der Waals surface area contributed by atoms with Crippen molar-refractivity contribution in [1.29, 1.82) is 0 Å². The topological polar surface area (TPSA) is 98.6 Å². The van der Waals surface area contributed by atoms with E-state index in [2.05, 4.69) is 4.84 Å². The molecule has 0 aromatic rings. The summed E-state index contributed by atoms with van der Waals surface area (Å²) in [6.07, 6.45) is 0.969. The average Bonchev–Trinajstić information content (AvgIpc) is 1.88. The van der Waals surface area contributed by atoms with Gasteiger partial charge in [-0.25, -0.2) is 5.90 Å². The maximum absolute atomic E-state index is 10.1. The average molecular weight is 221 g/mol. The number of nitrogens with two attached hydrogens (primary N) is 2. The molecule has 0 aliphatic carbocycles. The summed E-state index contributed by atoms with van der Waals surface area (Å²) >= 11 is 0. The maximum Gasteiger partial charge on any atom is 0.320 e. The number of hydrogen-bond acceptors (Lipinski definition) is 4. The lowest BCUT2D eigenvalue weighted by molar-refractivity contribution is -0.138. The van der Waals surface area contributed by atoms with Crippen molar-refractivity contribution in [2.45, 2.75) is 18.9 Å². The lowest BCUT2D eigenvalue weighted by Crippen LogP contribution is -2.30. The fourth-order valence-electron chi connectivity index (χ4n) is 0.510. The zero-order valence-electron chi connectivity index (χ0n) is 6.43. The van der Waals surface area contributed by atoms with Crippen LogP contribution in [0.1, 0.15) is 12.8 Å². The first-order valence-corrected chi connectivity index (χ1v) is 2.98. The molecule has 12 heavy (non-hydrogen) atoms. The quantitative estimate of drug-likeness (QED) is 0.445. The van der Waals surface area contributed by atoms with Crippen LogP contribution in [-0.2, 0) is 9.63 Å². The predicted molar refractivity (Wildman–Crippen MR) is 49.5 cm³/mol. The van der Waals surface area contributed by atoms with E-state index >= 15 is 0 Å². The predicted octanol–water partition coefficient (Wildman–Crippen LogP) is -0.0876. The van der Waals surface area contributed by atoms with Crippen molar-refractivity contribution >= 4 is 30.8 Å². The lowest BCUT2D eigenvalue weighted by Gasteiger charge is -2.03. The van der Waals surface area contributed by atoms with Crippen molar-refractivity contribution in [3.8, 4) is 0 Å². The fourth-order valence-corrected chi connectivity index (χ4v) is 0.510. The number of hydrogen-bond donors (Lipinski definition) is 3. The van der Waals surface area contributed by atoms with Crippen LogP contribution in [0.5, 0.6) is 0 Å². The second kappa shape index (κ2) is 10.9. The highest BCUT2D eigenvalue weighted by Crippen LogP contribution is 1.93. The standard InChI is InChI=1S/C5H12N2O3.2ClH/c6-4(5(8)9)2-1-3-10-7;;/h4H,1-3,6-7H2,(H,8,9);2*1H. The summed E-state index contributed by atoms with van der Waals surface area (Å²) in [5.41, 5.74) is 5.16. The third-order valence-electron chi connectivity index (χ3n) is 1.09. The first kappa shape index (κ1) is 17.9. The molecule has 0 bridgehead atoms. The maximum atomic E-state index is 10.1. The molecule has 0 aliphatic heterocycles. The number of rotatable bonds is 5. The highest BCUT2D eigenvalue weighted by Gasteiger charge is 2.09. The molecule has 1 unspecified atom stereocenters. The van der Waals surface area contributed by atoms with Crippen molar-refractivity contribution < 1.29 is 14.7 Å². The van der Waals surface area contributed by atoms with Crippen LogP contribution < -0.4 is 11.6 Å². The van der Waals surface area contributed by atoms with Crippen molar-refractivity contribution in [2.24, 2.45) is 11.6 Å². The van der Waals surface area contributed by atoms with Crippen molar-refractivity contribution in [1.82, 2.24) is 0 Å². The molecule has 0 rings (SSSR count). The smallest absolute Gasteiger partial charge is 0.320 e. The summed E-state index contributed by atoms with van der Waals surface area (Å²) in [4.78, 5) is 14.3. The zero-order valence-corrected chi connectivity index (χ0v) is 8.07. The van der Waals surface area contributed by atoms with Gasteiger partial charge < -0.3 is 15.7 Å². The molecule has 0 amide bonds. The van der Waals surface area contributed by atoms with Crippen molar-refractivity contribution in [2.75, 3.05) is 6.61 Å². The first-order valence-electron chi connectivity index (χ1n) is 2.98. The van der Waals surface area contributed by atoms with Gasteiger partial charge in [0, 0.05) is 0 Å². The highest BCUT2D eigenvalue weighted by atomic mass is 35.5. The molecular weight excluding hydrogens is 207 g/mol. The minimum atomic E-state index is -0.989. The Bertz CT molecular complexity index is 115. The third kappa shape index (κ3) is 9.93. The van der Waals surface area contributed by atoms with Crippen LogP contribution in [0.25, 0.3) is 0 Å². The van der Waals surface area contributed by atoms with Gasteiger partial charge in [-0.2, -0.15) is 0 Å². The van der Waals surface area contributed by atoms with E-state index in [-0.39, 0.29) is 24.8 Å². The van der Waals surface area contributed by atoms with E-state index in [1.54, 1.807) is 0 Å². The first-order chi connectivity index (χ1) is 4.68. The van der Waals surface area contributed by atoms with Gasteiger partial charge in [-0.1, -0.05) is 0 Å². The molecule has 5 N–H and O–H groups in total. The number of carboxylic acid groups (broad SMARTS) is 1. The van der Waals surface area contributed by atoms with Crippen LogP contribution >= 0.6 is 24.8 Å². The van der Waals surface area contributed by atoms with Crippen LogP contribution in [0.15, 0.2) is 0 Å². The minimum absolute atomic E-state index is 0. The van der Waals surface area contributed by atoms with Gasteiger partial charge in [-0.15, -0.1) is 24.8 Å². The molecule has 0 spiro atoms. The van der Waals surface area contributed by atoms with Gasteiger partial charge in [0.2, 0.25) is 0 Å². The molecular formula is C5H14Cl2N2O3. The SMILES string of the molecule is Cl.Cl.NOCCCC(N)C(=O)O. The van der Waals surface area contributed by atoms with Gasteiger partial charge in [-0.3, -0.25) is 4.79 Å². The van der Waals surface area contributed by atoms with E-state index < -0.39 is 12.0 Å². The second-order valence-electron chi connectivity index (χ2n) is 1.96. The monoisotopic (exact) mass is 220 g/mol. The molecule has 0 aliphatic rings. The fraction of sp³-hybridized carbons (Fsp3) is 0.800. The summed E-state index contributed by atoms with van der Waals surface area (Å²) in [7, 11) is 0. The Morgan fingerprint density at radius 1 is 1.50 bits per heavy atom. The lowest BCUT2D eigenvalue weighted by atomic mass is 10.2. The Labute approximate surface area is 83.2 Å². The van der Waals surface area contributed by atoms with E-state index in [1.165, 1.54) is 0 Å². The Kier molecular flexibility index (Phi) is 16.3. The molecule has 0 aromatic heterocycles. The molecule has 76 valence electrons. The number of carbonyl (C=O) groups is 1. The molecule has 0 radical (unpaired) electrons. The Morgan fingerprint density at radius 2 is 2.00 bits per heavy atom. The van der Waals surface area contributed by atoms with Gasteiger partial charge in [0.1, 0.15) is 6.04 Å². The van der Waals surface area contributed by atoms with Crippen molar-refractivity contribution in [3.05, 3.63) is 0 Å². The molecule has 0 heterocycles. The van der Waals surface area contributed by atoms with E-state index in [0.717, 1.165) is 0 Å². The second-order valence-corrected chi connectivity index (χ2v) is 1.96. The van der Waals surface area contributed by atoms with Crippen LogP contribution in [0.4, 0.5) is 0 Å². The van der Waals surface area contributed by atoms with Crippen molar-refractivity contribution in [3.63, 3.8) is 0 Å². The Hall–Kier alpha value is -0.0700. The molecule has 5 nitrogen and oxygen atoms in total. The van der Waals surface area contributed by atoms with E-state index in [1.807, 2.05) is 0 Å². The van der Waals surface area contributed by atoms with Crippen LogP contribution in [-0.4, -0.2) is 23.7 Å². The van der Waals surface area contributed by atoms with E-state index in [9.17, 15) is 4.79 Å². The summed E-state index contributed by atoms with van der Waals surface area (Å²) in [5, 5.41) is 8.28. The van der Waals surface area contributed by atoms with Gasteiger partial charge in [0.05, 0.1) is 6.61 Å². The van der Waals surface area contributed by atoms with Gasteiger partial charge in [0.15, 0.2) is 0 Å². The van der Waals surface area contributed by atoms with Gasteiger partial charge >= 0.3 is 5.97 Å². The Balaban J connectivity index is -0.000000405. The minimum Gasteiger partial charge on any atom is -0.480 e. The normalized spacial score (nSPS) is 10.8. The summed E-state index contributed by atoms with van der Waals surface area (Å²) in [6.45, 7) is 0.348. The van der Waals surface area contributed by atoms with E-state index in [0.29, 0.717) is 19.4 Å². The number of aliphatic carboxylic acids is 1. The largest absolute Gasteiger partial charge is 0.480 e. The summed E-state index contributed by atoms with van der Waals surface area (Å²) < 4.78 is 0. The number of carboxylic acids is 1. The van der Waals surface area contributed by atoms with Crippen LogP contribution in [0.3, 0.4) is 0 Å². The molecule has 0 fully saturated rings. The van der Waals surface area contributed by atoms with E-state index in [4.69, 9.17) is 16.7 Å². The highest BCUT2D eigenvalue weighted by molar-refractivity contribution is 5.85. The zero-order chi connectivity index (χ0) is 7.98. The molecule has 7 heteroatoms. The van der Waals surface area contributed by atoms with Crippen LogP contribution in [0, 0.1) is 0 Å². The van der Waals surface area contributed by atoms with Crippen LogP contribution in [0.2, 0.25) is 0 Å². The molecule has 0 saturated carbocycles. The number of halogens is 2. The van der Waals surface area contributed by atoms with Gasteiger partial charge in [-0.05, 0) is 12.8 Å². The summed E-state index contributed by atoms with van der Waals surface area (Å²) in [6, 6.07) is -0.796. The molecule has 0 aromatic carbocycles. The third-order valence-corrected chi connectivity index (χ3v) is 1.09. The van der Waals surface area contributed by atoms with Gasteiger partial charge in [0.25, 0.3) is 0 Å². The Morgan fingerprint density at radius 3 is 2.33 bits per heavy atom.